The Kier molecular flexibility index (Phi) is 6.03. The predicted molar refractivity (Wildman–Crippen MR) is 106 cm³/mol. The van der Waals surface area contributed by atoms with E-state index in [1.165, 1.54) is 13.2 Å². The highest BCUT2D eigenvalue weighted by atomic mass is 19.1. The Hall–Kier alpha value is -4.25. The van der Waals surface area contributed by atoms with Crippen LogP contribution >= 0.6 is 0 Å². The van der Waals surface area contributed by atoms with Crippen LogP contribution in [0.15, 0.2) is 60.7 Å². The molecule has 3 amide bonds. The lowest BCUT2D eigenvalue weighted by Gasteiger charge is -2.12. The van der Waals surface area contributed by atoms with E-state index in [4.69, 9.17) is 10.00 Å². The standard InChI is InChI=1S/C22H15F2N3O3/c1-30-19-11-15(9-10-16(19)14-7-5-13(12-25)6-8-14)26-22(29)27-21(28)20-17(23)3-2-4-18(20)24/h2-11H,1H3,(H2,26,27,28,29). The molecule has 3 rings (SSSR count). The second-order valence-electron chi connectivity index (χ2n) is 6.11. The number of halogens is 2. The van der Waals surface area contributed by atoms with E-state index in [-0.39, 0.29) is 0 Å². The Labute approximate surface area is 170 Å². The first-order chi connectivity index (χ1) is 14.4. The van der Waals surface area contributed by atoms with E-state index in [2.05, 4.69) is 5.32 Å². The van der Waals surface area contributed by atoms with E-state index in [0.29, 0.717) is 17.0 Å². The van der Waals surface area contributed by atoms with Crippen LogP contribution in [-0.4, -0.2) is 19.0 Å². The van der Waals surface area contributed by atoms with Crippen molar-refractivity contribution in [1.29, 1.82) is 5.26 Å². The van der Waals surface area contributed by atoms with Gasteiger partial charge >= 0.3 is 6.03 Å². The number of amides is 3. The summed E-state index contributed by atoms with van der Waals surface area (Å²) in [6, 6.07) is 15.7. The lowest BCUT2D eigenvalue weighted by atomic mass is 10.0. The van der Waals surface area contributed by atoms with E-state index in [1.807, 2.05) is 11.4 Å². The summed E-state index contributed by atoms with van der Waals surface area (Å²) in [4.78, 5) is 24.1. The molecule has 0 saturated carbocycles. The van der Waals surface area contributed by atoms with E-state index in [0.717, 1.165) is 29.3 Å². The van der Waals surface area contributed by atoms with Gasteiger partial charge in [0.25, 0.3) is 5.91 Å². The number of nitriles is 1. The van der Waals surface area contributed by atoms with Crippen molar-refractivity contribution in [1.82, 2.24) is 5.32 Å². The van der Waals surface area contributed by atoms with Crippen LogP contribution in [0.25, 0.3) is 11.1 Å². The summed E-state index contributed by atoms with van der Waals surface area (Å²) in [5.41, 5.74) is 1.48. The zero-order chi connectivity index (χ0) is 21.7. The Morgan fingerprint density at radius 2 is 1.67 bits per heavy atom. The molecule has 0 atom stereocenters. The average Bonchev–Trinajstić information content (AvgIpc) is 2.73. The number of rotatable bonds is 4. The van der Waals surface area contributed by atoms with Crippen LogP contribution in [0.5, 0.6) is 5.75 Å². The SMILES string of the molecule is COc1cc(NC(=O)NC(=O)c2c(F)cccc2F)ccc1-c1ccc(C#N)cc1. The molecule has 0 heterocycles. The van der Waals surface area contributed by atoms with Crippen molar-refractivity contribution in [2.45, 2.75) is 0 Å². The Bertz CT molecular complexity index is 1140. The van der Waals surface area contributed by atoms with Crippen LogP contribution < -0.4 is 15.4 Å². The minimum atomic E-state index is -1.20. The van der Waals surface area contributed by atoms with Crippen LogP contribution in [0.2, 0.25) is 0 Å². The molecular formula is C22H15F2N3O3. The number of hydrogen-bond donors (Lipinski definition) is 2. The molecule has 0 radical (unpaired) electrons. The van der Waals surface area contributed by atoms with Gasteiger partial charge in [-0.2, -0.15) is 5.26 Å². The molecule has 3 aromatic carbocycles. The highest BCUT2D eigenvalue weighted by Crippen LogP contribution is 2.32. The largest absolute Gasteiger partial charge is 0.496 e. The van der Waals surface area contributed by atoms with Crippen molar-refractivity contribution < 1.29 is 23.1 Å². The van der Waals surface area contributed by atoms with Gasteiger partial charge in [0.2, 0.25) is 0 Å². The zero-order valence-electron chi connectivity index (χ0n) is 15.7. The van der Waals surface area contributed by atoms with Gasteiger partial charge in [0.05, 0.1) is 18.7 Å². The minimum absolute atomic E-state index is 0.295. The fourth-order valence-corrected chi connectivity index (χ4v) is 2.77. The summed E-state index contributed by atoms with van der Waals surface area (Å²) in [6.45, 7) is 0. The van der Waals surface area contributed by atoms with Gasteiger partial charge in [0.1, 0.15) is 22.9 Å². The quantitative estimate of drug-likeness (QED) is 0.667. The number of nitrogens with one attached hydrogen (secondary N) is 2. The third-order valence-corrected chi connectivity index (χ3v) is 4.20. The Morgan fingerprint density at radius 1 is 1.00 bits per heavy atom. The maximum Gasteiger partial charge on any atom is 0.326 e. The molecule has 3 aromatic rings. The highest BCUT2D eigenvalue weighted by molar-refractivity contribution is 6.08. The molecule has 0 aliphatic rings. The molecule has 0 aliphatic heterocycles. The van der Waals surface area contributed by atoms with Crippen molar-refractivity contribution >= 4 is 17.6 Å². The molecule has 0 aliphatic carbocycles. The number of carbonyl (C=O) groups is 2. The molecule has 2 N–H and O–H groups in total. The zero-order valence-corrected chi connectivity index (χ0v) is 15.7. The van der Waals surface area contributed by atoms with Crippen LogP contribution in [0, 0.1) is 23.0 Å². The van der Waals surface area contributed by atoms with Crippen molar-refractivity contribution in [2.24, 2.45) is 0 Å². The maximum absolute atomic E-state index is 13.7. The smallest absolute Gasteiger partial charge is 0.326 e. The fourth-order valence-electron chi connectivity index (χ4n) is 2.77. The van der Waals surface area contributed by atoms with Crippen LogP contribution in [0.1, 0.15) is 15.9 Å². The van der Waals surface area contributed by atoms with Crippen molar-refractivity contribution in [3.05, 3.63) is 83.4 Å². The molecule has 30 heavy (non-hydrogen) atoms. The molecule has 0 saturated heterocycles. The summed E-state index contributed by atoms with van der Waals surface area (Å²) in [5.74, 6) is -2.92. The van der Waals surface area contributed by atoms with Gasteiger partial charge in [-0.1, -0.05) is 18.2 Å². The summed E-state index contributed by atoms with van der Waals surface area (Å²) in [6.07, 6.45) is 0. The normalized spacial score (nSPS) is 10.1. The van der Waals surface area contributed by atoms with Crippen LogP contribution in [0.3, 0.4) is 0 Å². The summed E-state index contributed by atoms with van der Waals surface area (Å²) in [7, 11) is 1.46. The monoisotopic (exact) mass is 407 g/mol. The third kappa shape index (κ3) is 4.42. The number of nitrogens with zero attached hydrogens (tertiary/aromatic N) is 1. The second-order valence-corrected chi connectivity index (χ2v) is 6.11. The van der Waals surface area contributed by atoms with Crippen molar-refractivity contribution in [3.8, 4) is 22.9 Å². The number of benzene rings is 3. The van der Waals surface area contributed by atoms with Gasteiger partial charge < -0.3 is 10.1 Å². The number of methoxy groups -OCH3 is 1. The van der Waals surface area contributed by atoms with Crippen LogP contribution in [-0.2, 0) is 0 Å². The van der Waals surface area contributed by atoms with E-state index >= 15 is 0 Å². The van der Waals surface area contributed by atoms with Gasteiger partial charge in [0, 0.05) is 17.3 Å². The van der Waals surface area contributed by atoms with Gasteiger partial charge in [0.15, 0.2) is 0 Å². The molecule has 0 unspecified atom stereocenters. The molecule has 0 fully saturated rings. The van der Waals surface area contributed by atoms with Gasteiger partial charge in [-0.15, -0.1) is 0 Å². The summed E-state index contributed by atoms with van der Waals surface area (Å²) < 4.78 is 32.7. The molecule has 0 aromatic heterocycles. The predicted octanol–water partition coefficient (Wildman–Crippen LogP) is 4.47. The Morgan fingerprint density at radius 3 is 2.27 bits per heavy atom. The molecule has 150 valence electrons. The Balaban J connectivity index is 1.76. The van der Waals surface area contributed by atoms with Crippen molar-refractivity contribution in [2.75, 3.05) is 12.4 Å². The number of imide groups is 1. The second kappa shape index (κ2) is 8.84. The lowest BCUT2D eigenvalue weighted by Crippen LogP contribution is -2.35. The van der Waals surface area contributed by atoms with Crippen molar-refractivity contribution in [3.63, 3.8) is 0 Å². The van der Waals surface area contributed by atoms with Crippen LogP contribution in [0.4, 0.5) is 19.3 Å². The summed E-state index contributed by atoms with van der Waals surface area (Å²) >= 11 is 0. The number of hydrogen-bond acceptors (Lipinski definition) is 4. The average molecular weight is 407 g/mol. The van der Waals surface area contributed by atoms with Gasteiger partial charge in [-0.05, 0) is 42.0 Å². The molecule has 8 heteroatoms. The number of carbonyl (C=O) groups excluding carboxylic acids is 2. The van der Waals surface area contributed by atoms with Gasteiger partial charge in [-0.25, -0.2) is 13.6 Å². The van der Waals surface area contributed by atoms with Gasteiger partial charge in [-0.3, -0.25) is 10.1 Å². The summed E-state index contributed by atoms with van der Waals surface area (Å²) in [5, 5.41) is 13.2. The molecular weight excluding hydrogens is 392 g/mol. The third-order valence-electron chi connectivity index (χ3n) is 4.20. The van der Waals surface area contributed by atoms with E-state index < -0.39 is 29.1 Å². The van der Waals surface area contributed by atoms with E-state index in [9.17, 15) is 18.4 Å². The fraction of sp³-hybridized carbons (Fsp3) is 0.0455. The first-order valence-electron chi connectivity index (χ1n) is 8.68. The first kappa shape index (κ1) is 20.5. The first-order valence-corrected chi connectivity index (χ1v) is 8.68. The molecule has 0 bridgehead atoms. The lowest BCUT2D eigenvalue weighted by molar-refractivity contribution is 0.0959. The topological polar surface area (TPSA) is 91.2 Å². The number of ether oxygens (including phenoxy) is 1. The van der Waals surface area contributed by atoms with E-state index in [1.54, 1.807) is 36.4 Å². The highest BCUT2D eigenvalue weighted by Gasteiger charge is 2.19. The maximum atomic E-state index is 13.7. The number of anilines is 1. The number of urea groups is 1. The molecule has 6 nitrogen and oxygen atoms in total. The molecule has 0 spiro atoms. The minimum Gasteiger partial charge on any atom is -0.496 e.